The molecule has 0 aromatic heterocycles. The van der Waals surface area contributed by atoms with Crippen molar-refractivity contribution in [1.29, 1.82) is 0 Å². The maximum Gasteiger partial charge on any atom is 0.253 e. The van der Waals surface area contributed by atoms with Crippen LogP contribution in [0.25, 0.3) is 0 Å². The second kappa shape index (κ2) is 10.2. The van der Waals surface area contributed by atoms with Crippen molar-refractivity contribution in [3.8, 4) is 0 Å². The van der Waals surface area contributed by atoms with Crippen LogP contribution < -0.4 is 10.6 Å². The van der Waals surface area contributed by atoms with Gasteiger partial charge in [0.15, 0.2) is 5.11 Å². The van der Waals surface area contributed by atoms with Crippen molar-refractivity contribution in [3.05, 3.63) is 102 Å². The zero-order valence-electron chi connectivity index (χ0n) is 17.5. The first-order valence-electron chi connectivity index (χ1n) is 10.8. The fourth-order valence-electron chi connectivity index (χ4n) is 3.92. The monoisotopic (exact) mass is 429 g/mol. The van der Waals surface area contributed by atoms with Gasteiger partial charge in [0.2, 0.25) is 0 Å². The molecule has 5 heteroatoms. The summed E-state index contributed by atoms with van der Waals surface area (Å²) in [5.74, 6) is 0.111. The van der Waals surface area contributed by atoms with Gasteiger partial charge in [-0.3, -0.25) is 4.79 Å². The first-order valence-corrected chi connectivity index (χ1v) is 11.2. The minimum Gasteiger partial charge on any atom is -0.352 e. The maximum absolute atomic E-state index is 12.7. The van der Waals surface area contributed by atoms with E-state index < -0.39 is 0 Å². The fourth-order valence-corrected chi connectivity index (χ4v) is 4.16. The molecule has 4 rings (SSSR count). The van der Waals surface area contributed by atoms with E-state index in [1.54, 1.807) is 0 Å². The zero-order chi connectivity index (χ0) is 21.5. The van der Waals surface area contributed by atoms with E-state index in [9.17, 15) is 4.79 Å². The number of rotatable bonds is 5. The van der Waals surface area contributed by atoms with Crippen LogP contribution in [0.1, 0.15) is 46.8 Å². The molecule has 2 N–H and O–H groups in total. The van der Waals surface area contributed by atoms with E-state index in [2.05, 4.69) is 34.9 Å². The smallest absolute Gasteiger partial charge is 0.253 e. The molecule has 0 atom stereocenters. The molecule has 1 aliphatic rings. The predicted octanol–water partition coefficient (Wildman–Crippen LogP) is 5.39. The molecular formula is C26H27N3OS. The van der Waals surface area contributed by atoms with E-state index in [0.29, 0.717) is 5.11 Å². The number of benzene rings is 3. The highest BCUT2D eigenvalue weighted by molar-refractivity contribution is 7.80. The first-order chi connectivity index (χ1) is 15.2. The third-order valence-electron chi connectivity index (χ3n) is 5.57. The normalized spacial score (nSPS) is 13.6. The van der Waals surface area contributed by atoms with Gasteiger partial charge in [0.05, 0.1) is 6.04 Å². The van der Waals surface area contributed by atoms with E-state index in [1.807, 2.05) is 65.6 Å². The Morgan fingerprint density at radius 2 is 1.32 bits per heavy atom. The van der Waals surface area contributed by atoms with Crippen LogP contribution in [0, 0.1) is 0 Å². The molecule has 0 aliphatic carbocycles. The number of nitrogens with one attached hydrogen (secondary N) is 2. The summed E-state index contributed by atoms with van der Waals surface area (Å²) in [6.07, 6.45) is 3.40. The van der Waals surface area contributed by atoms with Crippen molar-refractivity contribution in [2.24, 2.45) is 0 Å². The van der Waals surface area contributed by atoms with Crippen LogP contribution in [0.4, 0.5) is 5.69 Å². The van der Waals surface area contributed by atoms with Crippen LogP contribution in [0.3, 0.4) is 0 Å². The van der Waals surface area contributed by atoms with Crippen molar-refractivity contribution in [1.82, 2.24) is 10.2 Å². The van der Waals surface area contributed by atoms with Crippen LogP contribution >= 0.6 is 12.2 Å². The Labute approximate surface area is 189 Å². The average molecular weight is 430 g/mol. The molecule has 0 saturated carbocycles. The maximum atomic E-state index is 12.7. The lowest BCUT2D eigenvalue weighted by Crippen LogP contribution is -2.35. The average Bonchev–Trinajstić information content (AvgIpc) is 2.84. The molecule has 0 bridgehead atoms. The highest BCUT2D eigenvalue weighted by Crippen LogP contribution is 2.22. The molecule has 1 saturated heterocycles. The number of amides is 1. The lowest BCUT2D eigenvalue weighted by Gasteiger charge is -2.26. The van der Waals surface area contributed by atoms with Gasteiger partial charge in [0.1, 0.15) is 0 Å². The summed E-state index contributed by atoms with van der Waals surface area (Å²) in [6, 6.07) is 28.0. The highest BCUT2D eigenvalue weighted by atomic mass is 32.1. The number of nitrogens with zero attached hydrogens (tertiary/aromatic N) is 1. The number of carbonyl (C=O) groups excluding carboxylic acids is 1. The molecule has 0 spiro atoms. The van der Waals surface area contributed by atoms with Crippen molar-refractivity contribution < 1.29 is 4.79 Å². The Morgan fingerprint density at radius 1 is 0.774 bits per heavy atom. The van der Waals surface area contributed by atoms with E-state index in [4.69, 9.17) is 12.2 Å². The lowest BCUT2D eigenvalue weighted by molar-refractivity contribution is 0.0724. The number of hydrogen-bond donors (Lipinski definition) is 2. The number of anilines is 1. The molecule has 31 heavy (non-hydrogen) atoms. The largest absolute Gasteiger partial charge is 0.352 e. The van der Waals surface area contributed by atoms with Gasteiger partial charge in [-0.1, -0.05) is 60.7 Å². The first kappa shape index (κ1) is 21.1. The van der Waals surface area contributed by atoms with Gasteiger partial charge >= 0.3 is 0 Å². The summed E-state index contributed by atoms with van der Waals surface area (Å²) >= 11 is 5.60. The molecule has 1 aliphatic heterocycles. The number of carbonyl (C=O) groups is 1. The molecule has 4 nitrogen and oxygen atoms in total. The minimum atomic E-state index is -0.0534. The van der Waals surface area contributed by atoms with Gasteiger partial charge in [-0.05, 0) is 66.9 Å². The van der Waals surface area contributed by atoms with Crippen molar-refractivity contribution >= 4 is 28.9 Å². The van der Waals surface area contributed by atoms with Gasteiger partial charge < -0.3 is 15.5 Å². The molecule has 1 fully saturated rings. The summed E-state index contributed by atoms with van der Waals surface area (Å²) in [7, 11) is 0. The minimum absolute atomic E-state index is 0.0534. The Balaban J connectivity index is 1.42. The third kappa shape index (κ3) is 5.50. The molecule has 1 heterocycles. The van der Waals surface area contributed by atoms with E-state index >= 15 is 0 Å². The topological polar surface area (TPSA) is 44.4 Å². The summed E-state index contributed by atoms with van der Waals surface area (Å²) in [6.45, 7) is 1.71. The van der Waals surface area contributed by atoms with Crippen molar-refractivity contribution in [2.75, 3.05) is 18.4 Å². The zero-order valence-corrected chi connectivity index (χ0v) is 18.3. The van der Waals surface area contributed by atoms with Crippen LogP contribution in [0.5, 0.6) is 0 Å². The Morgan fingerprint density at radius 3 is 1.87 bits per heavy atom. The molecular weight excluding hydrogens is 402 g/mol. The third-order valence-corrected chi connectivity index (χ3v) is 5.79. The quantitative estimate of drug-likeness (QED) is 0.534. The van der Waals surface area contributed by atoms with Gasteiger partial charge in [0, 0.05) is 24.3 Å². The van der Waals surface area contributed by atoms with Crippen LogP contribution in [-0.2, 0) is 0 Å². The molecule has 0 radical (unpaired) electrons. The number of likely N-dealkylation sites (tertiary alicyclic amines) is 1. The van der Waals surface area contributed by atoms with Crippen LogP contribution in [0.2, 0.25) is 0 Å². The summed E-state index contributed by atoms with van der Waals surface area (Å²) < 4.78 is 0. The van der Waals surface area contributed by atoms with Crippen molar-refractivity contribution in [2.45, 2.75) is 25.3 Å². The molecule has 3 aromatic rings. The number of hydrogen-bond acceptors (Lipinski definition) is 2. The van der Waals surface area contributed by atoms with Crippen molar-refractivity contribution in [3.63, 3.8) is 0 Å². The molecule has 1 amide bonds. The Hall–Kier alpha value is -3.18. The van der Waals surface area contributed by atoms with Crippen LogP contribution in [-0.4, -0.2) is 29.0 Å². The fraction of sp³-hybridized carbons (Fsp3) is 0.231. The van der Waals surface area contributed by atoms with Gasteiger partial charge in [0.25, 0.3) is 5.91 Å². The number of thiocarbonyl (C=S) groups is 1. The van der Waals surface area contributed by atoms with Gasteiger partial charge in [-0.25, -0.2) is 0 Å². The molecule has 158 valence electrons. The lowest BCUT2D eigenvalue weighted by atomic mass is 9.99. The van der Waals surface area contributed by atoms with E-state index in [-0.39, 0.29) is 11.9 Å². The summed E-state index contributed by atoms with van der Waals surface area (Å²) in [5.41, 5.74) is 3.85. The number of piperidine rings is 1. The standard InChI is InChI=1S/C26H27N3OS/c30-25(29-18-8-3-9-19-29)22-14-16-23(17-15-22)27-26(31)28-24(20-10-4-1-5-11-20)21-12-6-2-7-13-21/h1-2,4-7,10-17,24H,3,8-9,18-19H2,(H2,27,28,31). The summed E-state index contributed by atoms with van der Waals surface area (Å²) in [4.78, 5) is 14.6. The SMILES string of the molecule is O=C(c1ccc(NC(=S)NC(c2ccccc2)c2ccccc2)cc1)N1CCCCC1. The second-order valence-corrected chi connectivity index (χ2v) is 8.19. The highest BCUT2D eigenvalue weighted by Gasteiger charge is 2.18. The molecule has 3 aromatic carbocycles. The Bertz CT molecular complexity index is 960. The predicted molar refractivity (Wildman–Crippen MR) is 130 cm³/mol. The van der Waals surface area contributed by atoms with E-state index in [1.165, 1.54) is 6.42 Å². The molecule has 0 unspecified atom stereocenters. The van der Waals surface area contributed by atoms with Gasteiger partial charge in [-0.15, -0.1) is 0 Å². The van der Waals surface area contributed by atoms with Gasteiger partial charge in [-0.2, -0.15) is 0 Å². The van der Waals surface area contributed by atoms with Crippen LogP contribution in [0.15, 0.2) is 84.9 Å². The van der Waals surface area contributed by atoms with E-state index in [0.717, 1.165) is 48.3 Å². The summed E-state index contributed by atoms with van der Waals surface area (Å²) in [5, 5.41) is 7.22. The second-order valence-electron chi connectivity index (χ2n) is 7.78. The Kier molecular flexibility index (Phi) is 6.95.